The molecular weight excluding hydrogens is 436 g/mol. The number of sulfonamides is 1. The van der Waals surface area contributed by atoms with Gasteiger partial charge in [0.05, 0.1) is 17.2 Å². The molecule has 0 radical (unpaired) electrons. The van der Waals surface area contributed by atoms with Crippen LogP contribution in [0.5, 0.6) is 0 Å². The van der Waals surface area contributed by atoms with Crippen LogP contribution < -0.4 is 4.90 Å². The van der Waals surface area contributed by atoms with Crippen molar-refractivity contribution >= 4 is 33.2 Å². The highest BCUT2D eigenvalue weighted by atomic mass is 35.5. The minimum atomic E-state index is -3.87. The zero-order chi connectivity index (χ0) is 22.6. The second-order valence-electron chi connectivity index (χ2n) is 7.87. The molecule has 8 heteroatoms. The number of rotatable bonds is 7. The Balaban J connectivity index is 1.96. The van der Waals surface area contributed by atoms with Gasteiger partial charge in [-0.15, -0.1) is 0 Å². The van der Waals surface area contributed by atoms with Crippen LogP contribution in [0.15, 0.2) is 53.4 Å². The van der Waals surface area contributed by atoms with Crippen molar-refractivity contribution < 1.29 is 17.9 Å². The summed E-state index contributed by atoms with van der Waals surface area (Å²) in [4.78, 5) is 15.0. The molecular formula is C23H29ClN2O4S. The fourth-order valence-corrected chi connectivity index (χ4v) is 5.82. The van der Waals surface area contributed by atoms with Crippen LogP contribution in [0.3, 0.4) is 0 Å². The van der Waals surface area contributed by atoms with E-state index in [2.05, 4.69) is 6.92 Å². The Morgan fingerprint density at radius 1 is 1.13 bits per heavy atom. The minimum absolute atomic E-state index is 0.0511. The Labute approximate surface area is 189 Å². The van der Waals surface area contributed by atoms with Crippen molar-refractivity contribution in [3.63, 3.8) is 0 Å². The third-order valence-corrected chi connectivity index (χ3v) is 7.54. The van der Waals surface area contributed by atoms with Crippen molar-refractivity contribution in [2.24, 2.45) is 0 Å². The number of benzene rings is 2. The fourth-order valence-electron chi connectivity index (χ4n) is 3.73. The summed E-state index contributed by atoms with van der Waals surface area (Å²) in [6, 6.07) is 13.8. The van der Waals surface area contributed by atoms with Crippen molar-refractivity contribution in [1.82, 2.24) is 4.31 Å². The van der Waals surface area contributed by atoms with Gasteiger partial charge < -0.3 is 9.64 Å². The van der Waals surface area contributed by atoms with Crippen molar-refractivity contribution in [3.05, 3.63) is 59.1 Å². The van der Waals surface area contributed by atoms with Gasteiger partial charge in [-0.25, -0.2) is 8.42 Å². The van der Waals surface area contributed by atoms with Gasteiger partial charge in [0.15, 0.2) is 0 Å². The summed E-state index contributed by atoms with van der Waals surface area (Å²) in [7, 11) is -3.87. The first-order valence-corrected chi connectivity index (χ1v) is 12.4. The standard InChI is InChI=1S/C23H29ClN2O4S/c1-4-5-13-26(20-9-7-6-8-10-20)23(27)19-11-12-21(24)22(14-19)31(28,29)25-15-17(2)30-18(3)16-25/h6-12,14,17-18H,4-5,13,15-16H2,1-3H3/t17-,18-/m1/s1. The van der Waals surface area contributed by atoms with Gasteiger partial charge in [0.25, 0.3) is 5.91 Å². The van der Waals surface area contributed by atoms with Crippen LogP contribution in [0.1, 0.15) is 44.0 Å². The molecule has 2 atom stereocenters. The van der Waals surface area contributed by atoms with Gasteiger partial charge in [0, 0.05) is 30.9 Å². The van der Waals surface area contributed by atoms with E-state index in [-0.39, 0.29) is 46.7 Å². The van der Waals surface area contributed by atoms with E-state index in [0.29, 0.717) is 6.54 Å². The zero-order valence-corrected chi connectivity index (χ0v) is 19.7. The van der Waals surface area contributed by atoms with E-state index in [1.165, 1.54) is 16.4 Å². The lowest BCUT2D eigenvalue weighted by molar-refractivity contribution is -0.0440. The van der Waals surface area contributed by atoms with Crippen LogP contribution in [0.4, 0.5) is 5.69 Å². The van der Waals surface area contributed by atoms with Gasteiger partial charge in [-0.3, -0.25) is 4.79 Å². The zero-order valence-electron chi connectivity index (χ0n) is 18.1. The largest absolute Gasteiger partial charge is 0.373 e. The first-order valence-electron chi connectivity index (χ1n) is 10.6. The number of morpholine rings is 1. The molecule has 1 amide bonds. The number of para-hydroxylation sites is 1. The van der Waals surface area contributed by atoms with Gasteiger partial charge in [0.1, 0.15) is 4.90 Å². The number of nitrogens with zero attached hydrogens (tertiary/aromatic N) is 2. The molecule has 6 nitrogen and oxygen atoms in total. The number of carbonyl (C=O) groups is 1. The minimum Gasteiger partial charge on any atom is -0.373 e. The highest BCUT2D eigenvalue weighted by molar-refractivity contribution is 7.89. The lowest BCUT2D eigenvalue weighted by Crippen LogP contribution is -2.48. The number of amides is 1. The number of carbonyl (C=O) groups excluding carboxylic acids is 1. The van der Waals surface area contributed by atoms with Gasteiger partial charge in [0.2, 0.25) is 10.0 Å². The Morgan fingerprint density at radius 3 is 2.39 bits per heavy atom. The summed E-state index contributed by atoms with van der Waals surface area (Å²) < 4.78 is 33.7. The highest BCUT2D eigenvalue weighted by Gasteiger charge is 2.34. The molecule has 1 aliphatic heterocycles. The molecule has 1 fully saturated rings. The van der Waals surface area contributed by atoms with Gasteiger partial charge in [-0.2, -0.15) is 4.31 Å². The lowest BCUT2D eigenvalue weighted by Gasteiger charge is -2.34. The number of hydrogen-bond acceptors (Lipinski definition) is 4. The molecule has 0 bridgehead atoms. The normalized spacial score (nSPS) is 19.9. The van der Waals surface area contributed by atoms with E-state index >= 15 is 0 Å². The van der Waals surface area contributed by atoms with Crippen molar-refractivity contribution in [3.8, 4) is 0 Å². The average molecular weight is 465 g/mol. The van der Waals surface area contributed by atoms with Crippen molar-refractivity contribution in [2.45, 2.75) is 50.7 Å². The van der Waals surface area contributed by atoms with E-state index in [9.17, 15) is 13.2 Å². The van der Waals surface area contributed by atoms with E-state index in [0.717, 1.165) is 18.5 Å². The maximum atomic E-state index is 13.4. The number of anilines is 1. The van der Waals surface area contributed by atoms with E-state index in [1.54, 1.807) is 11.0 Å². The molecule has 1 saturated heterocycles. The van der Waals surface area contributed by atoms with Crippen molar-refractivity contribution in [2.75, 3.05) is 24.5 Å². The Kier molecular flexibility index (Phi) is 7.75. The maximum Gasteiger partial charge on any atom is 0.258 e. The Bertz CT molecular complexity index is 1000. The molecule has 0 N–H and O–H groups in total. The topological polar surface area (TPSA) is 66.9 Å². The summed E-state index contributed by atoms with van der Waals surface area (Å²) in [5.41, 5.74) is 1.06. The molecule has 31 heavy (non-hydrogen) atoms. The molecule has 3 rings (SSSR count). The number of halogens is 1. The number of hydrogen-bond donors (Lipinski definition) is 0. The first kappa shape index (κ1) is 23.7. The Morgan fingerprint density at radius 2 is 1.77 bits per heavy atom. The molecule has 0 aromatic heterocycles. The molecule has 2 aromatic rings. The smallest absolute Gasteiger partial charge is 0.258 e. The second-order valence-corrected chi connectivity index (χ2v) is 10.2. The van der Waals surface area contributed by atoms with E-state index in [1.807, 2.05) is 44.2 Å². The summed E-state index contributed by atoms with van der Waals surface area (Å²) in [5.74, 6) is -0.253. The average Bonchev–Trinajstić information content (AvgIpc) is 2.74. The third-order valence-electron chi connectivity index (χ3n) is 5.23. The highest BCUT2D eigenvalue weighted by Crippen LogP contribution is 2.29. The fraction of sp³-hybridized carbons (Fsp3) is 0.435. The molecule has 1 heterocycles. The molecule has 168 valence electrons. The van der Waals surface area contributed by atoms with Crippen molar-refractivity contribution in [1.29, 1.82) is 0 Å². The van der Waals surface area contributed by atoms with E-state index in [4.69, 9.17) is 16.3 Å². The monoisotopic (exact) mass is 464 g/mol. The quantitative estimate of drug-likeness (QED) is 0.601. The SMILES string of the molecule is CCCCN(C(=O)c1ccc(Cl)c(S(=O)(=O)N2C[C@@H](C)O[C@H](C)C2)c1)c1ccccc1. The predicted octanol–water partition coefficient (Wildman–Crippen LogP) is 4.58. The molecule has 2 aromatic carbocycles. The third kappa shape index (κ3) is 5.47. The van der Waals surface area contributed by atoms with Gasteiger partial charge >= 0.3 is 0 Å². The van der Waals surface area contributed by atoms with Crippen LogP contribution in [-0.2, 0) is 14.8 Å². The van der Waals surface area contributed by atoms with Crippen LogP contribution in [0, 0.1) is 0 Å². The lowest BCUT2D eigenvalue weighted by atomic mass is 10.1. The summed E-state index contributed by atoms with van der Waals surface area (Å²) in [5, 5.41) is 0.100. The summed E-state index contributed by atoms with van der Waals surface area (Å²) in [6.07, 6.45) is 1.34. The van der Waals surface area contributed by atoms with E-state index < -0.39 is 10.0 Å². The van der Waals surface area contributed by atoms with Crippen LogP contribution in [0.2, 0.25) is 5.02 Å². The first-order chi connectivity index (χ1) is 14.7. The maximum absolute atomic E-state index is 13.4. The molecule has 0 aliphatic carbocycles. The second kappa shape index (κ2) is 10.1. The van der Waals surface area contributed by atoms with Crippen LogP contribution >= 0.6 is 11.6 Å². The summed E-state index contributed by atoms with van der Waals surface area (Å²) in [6.45, 7) is 6.77. The molecule has 1 aliphatic rings. The van der Waals surface area contributed by atoms with Gasteiger partial charge in [-0.1, -0.05) is 43.1 Å². The molecule has 0 unspecified atom stereocenters. The predicted molar refractivity (Wildman–Crippen MR) is 123 cm³/mol. The number of unbranched alkanes of at least 4 members (excludes halogenated alkanes) is 1. The Hall–Kier alpha value is -1.93. The van der Waals surface area contributed by atoms with Gasteiger partial charge in [-0.05, 0) is 50.6 Å². The molecule has 0 saturated carbocycles. The molecule has 0 spiro atoms. The number of ether oxygens (including phenoxy) is 1. The van der Waals surface area contributed by atoms with Crippen LogP contribution in [-0.4, -0.2) is 50.5 Å². The van der Waals surface area contributed by atoms with Crippen LogP contribution in [0.25, 0.3) is 0 Å². The summed E-state index contributed by atoms with van der Waals surface area (Å²) >= 11 is 6.30.